The number of aliphatic hydroxyl groups excluding tert-OH is 1. The molecule has 0 aromatic heterocycles. The topological polar surface area (TPSA) is 101 Å². The number of benzene rings is 1. The number of hydrogen-bond acceptors (Lipinski definition) is 5. The Balaban J connectivity index is -0.000000948. The summed E-state index contributed by atoms with van der Waals surface area (Å²) in [5.74, 6) is 0.995. The summed E-state index contributed by atoms with van der Waals surface area (Å²) in [5.41, 5.74) is 7.54. The average molecular weight is 471 g/mol. The van der Waals surface area contributed by atoms with E-state index in [1.165, 1.54) is 6.07 Å². The van der Waals surface area contributed by atoms with Crippen LogP contribution in [0, 0.1) is 35.8 Å². The van der Waals surface area contributed by atoms with Gasteiger partial charge in [0.1, 0.15) is 5.69 Å². The first-order valence-corrected chi connectivity index (χ1v) is 9.30. The summed E-state index contributed by atoms with van der Waals surface area (Å²) in [6, 6.07) is 4.75. The summed E-state index contributed by atoms with van der Waals surface area (Å²) >= 11 is 0. The zero-order chi connectivity index (χ0) is 20.3. The molecule has 8 heteroatoms. The smallest absolute Gasteiger partial charge is 1.00 e. The number of nitrogens with two attached hydrogens (primary N) is 1. The molecule has 2 atom stereocenters. The Morgan fingerprint density at radius 2 is 1.82 bits per heavy atom. The maximum absolute atomic E-state index is 11.0. The number of aliphatic hydroxyl groups is 1. The largest absolute Gasteiger partial charge is 2.00 e. The van der Waals surface area contributed by atoms with Crippen molar-refractivity contribution in [2.45, 2.75) is 66.0 Å². The molecule has 2 unspecified atom stereocenters. The molecule has 158 valence electrons. The summed E-state index contributed by atoms with van der Waals surface area (Å²) in [7, 11) is 0. The molecule has 0 saturated heterocycles. The van der Waals surface area contributed by atoms with Crippen molar-refractivity contribution in [3.8, 4) is 0 Å². The molecular weight excluding hydrogens is 434 g/mol. The fourth-order valence-electron chi connectivity index (χ4n) is 2.36. The molecule has 0 fully saturated rings. The normalized spacial score (nSPS) is 12.2. The molecule has 0 bridgehead atoms. The Bertz CT molecular complexity index is 543. The van der Waals surface area contributed by atoms with Gasteiger partial charge in [-0.05, 0) is 43.7 Å². The number of nitro benzene ring substituents is 1. The minimum atomic E-state index is -0.492. The van der Waals surface area contributed by atoms with Crippen LogP contribution in [0.5, 0.6) is 0 Å². The molecule has 0 aliphatic heterocycles. The van der Waals surface area contributed by atoms with Crippen LogP contribution in [0.4, 0.5) is 11.4 Å². The van der Waals surface area contributed by atoms with Gasteiger partial charge in [0.25, 0.3) is 5.69 Å². The third kappa shape index (κ3) is 15.5. The van der Waals surface area contributed by atoms with Crippen LogP contribution in [-0.2, 0) is 0 Å². The SMILES string of the molecule is Cc1ccc([N+](=O)[O-])c(NCCCC(N)C(O)CC(C)C)c1.[Br-].[CH2-]C(C)C.[Mg+2]. The van der Waals surface area contributed by atoms with Gasteiger partial charge >= 0.3 is 23.1 Å². The molecule has 0 saturated carbocycles. The molecule has 4 N–H and O–H groups in total. The minimum absolute atomic E-state index is 0. The van der Waals surface area contributed by atoms with Crippen LogP contribution < -0.4 is 28.0 Å². The Morgan fingerprint density at radius 1 is 1.29 bits per heavy atom. The molecule has 0 aliphatic rings. The third-order valence-electron chi connectivity index (χ3n) is 3.59. The van der Waals surface area contributed by atoms with Crippen molar-refractivity contribution in [1.29, 1.82) is 0 Å². The van der Waals surface area contributed by atoms with E-state index >= 15 is 0 Å². The van der Waals surface area contributed by atoms with Crippen molar-refractivity contribution in [3.05, 3.63) is 40.8 Å². The maximum Gasteiger partial charge on any atom is 2.00 e. The molecule has 1 aromatic rings. The predicted molar refractivity (Wildman–Crippen MR) is 115 cm³/mol. The number of anilines is 1. The molecule has 0 spiro atoms. The van der Waals surface area contributed by atoms with Crippen LogP contribution in [0.15, 0.2) is 18.2 Å². The van der Waals surface area contributed by atoms with E-state index in [1.807, 2.05) is 20.8 Å². The van der Waals surface area contributed by atoms with Gasteiger partial charge in [0.15, 0.2) is 0 Å². The van der Waals surface area contributed by atoms with Crippen LogP contribution >= 0.6 is 0 Å². The molecule has 1 rings (SSSR count). The first-order valence-electron chi connectivity index (χ1n) is 9.30. The molecule has 6 nitrogen and oxygen atoms in total. The zero-order valence-electron chi connectivity index (χ0n) is 18.0. The van der Waals surface area contributed by atoms with Crippen LogP contribution in [0.1, 0.15) is 52.5 Å². The second kappa shape index (κ2) is 17.4. The van der Waals surface area contributed by atoms with E-state index in [2.05, 4.69) is 26.1 Å². The Labute approximate surface area is 197 Å². The third-order valence-corrected chi connectivity index (χ3v) is 3.59. The van der Waals surface area contributed by atoms with Crippen LogP contribution in [0.25, 0.3) is 0 Å². The summed E-state index contributed by atoms with van der Waals surface area (Å²) in [4.78, 5) is 10.6. The van der Waals surface area contributed by atoms with E-state index in [-0.39, 0.29) is 56.7 Å². The number of hydrogen-bond donors (Lipinski definition) is 3. The van der Waals surface area contributed by atoms with E-state index < -0.39 is 6.10 Å². The van der Waals surface area contributed by atoms with Crippen molar-refractivity contribution in [3.63, 3.8) is 0 Å². The number of rotatable bonds is 9. The molecule has 0 radical (unpaired) electrons. The first-order chi connectivity index (χ1) is 12.0. The van der Waals surface area contributed by atoms with Gasteiger partial charge in [-0.3, -0.25) is 10.1 Å². The number of aryl methyl sites for hydroxylation is 1. The Hall–Kier alpha value is -0.414. The monoisotopic (exact) mass is 469 g/mol. The fraction of sp³-hybridized carbons (Fsp3) is 0.650. The standard InChI is InChI=1S/C16H27N3O3.C4H9.BrH.Mg/c1-11(2)9-16(20)13(17)5-4-8-18-14-10-12(3)6-7-15(14)19(21)22;1-4(2)3;;/h6-7,10-11,13,16,18,20H,4-5,8-9,17H2,1-3H3;4H,1H2,2-3H3;1H;/q;-1;;+2/p-1. The summed E-state index contributed by atoms with van der Waals surface area (Å²) < 4.78 is 0. The second-order valence-electron chi connectivity index (χ2n) is 7.60. The molecule has 0 heterocycles. The first kappa shape index (κ1) is 32.3. The minimum Gasteiger partial charge on any atom is -1.00 e. The van der Waals surface area contributed by atoms with E-state index in [4.69, 9.17) is 5.73 Å². The molecule has 0 aliphatic carbocycles. The van der Waals surface area contributed by atoms with E-state index in [9.17, 15) is 15.2 Å². The van der Waals surface area contributed by atoms with Gasteiger partial charge in [0.2, 0.25) is 0 Å². The number of nitrogens with zero attached hydrogens (tertiary/aromatic N) is 1. The molecule has 28 heavy (non-hydrogen) atoms. The summed E-state index contributed by atoms with van der Waals surface area (Å²) in [6.07, 6.45) is 1.63. The van der Waals surface area contributed by atoms with E-state index in [0.29, 0.717) is 36.9 Å². The van der Waals surface area contributed by atoms with Crippen molar-refractivity contribution in [1.82, 2.24) is 0 Å². The van der Waals surface area contributed by atoms with Gasteiger partial charge in [-0.25, -0.2) is 0 Å². The van der Waals surface area contributed by atoms with E-state index in [0.717, 1.165) is 12.0 Å². The summed E-state index contributed by atoms with van der Waals surface area (Å²) in [5, 5.41) is 24.0. The van der Waals surface area contributed by atoms with Gasteiger partial charge in [-0.1, -0.05) is 33.8 Å². The molecule has 1 aromatic carbocycles. The Kier molecular flexibility index (Phi) is 20.1. The number of halogens is 1. The van der Waals surface area contributed by atoms with Crippen LogP contribution in [0.2, 0.25) is 0 Å². The van der Waals surface area contributed by atoms with Gasteiger partial charge in [-0.2, -0.15) is 5.92 Å². The van der Waals surface area contributed by atoms with E-state index in [1.54, 1.807) is 12.1 Å². The van der Waals surface area contributed by atoms with Crippen molar-refractivity contribution < 1.29 is 27.0 Å². The van der Waals surface area contributed by atoms with Crippen molar-refractivity contribution in [2.24, 2.45) is 17.6 Å². The number of nitro groups is 1. The van der Waals surface area contributed by atoms with Crippen LogP contribution in [0.3, 0.4) is 0 Å². The average Bonchev–Trinajstić information content (AvgIpc) is 2.49. The van der Waals surface area contributed by atoms with Gasteiger partial charge in [-0.15, -0.1) is 0 Å². The second-order valence-corrected chi connectivity index (χ2v) is 7.60. The van der Waals surface area contributed by atoms with Crippen LogP contribution in [-0.4, -0.2) is 51.8 Å². The van der Waals surface area contributed by atoms with Gasteiger partial charge < -0.3 is 40.1 Å². The molecule has 0 amide bonds. The predicted octanol–water partition coefficient (Wildman–Crippen LogP) is 0.929. The van der Waals surface area contributed by atoms with Crippen molar-refractivity contribution in [2.75, 3.05) is 11.9 Å². The zero-order valence-corrected chi connectivity index (χ0v) is 21.0. The quantitative estimate of drug-likeness (QED) is 0.164. The van der Waals surface area contributed by atoms with Gasteiger partial charge in [0.05, 0.1) is 11.0 Å². The fourth-order valence-corrected chi connectivity index (χ4v) is 2.36. The van der Waals surface area contributed by atoms with Gasteiger partial charge in [0, 0.05) is 18.7 Å². The van der Waals surface area contributed by atoms with Crippen molar-refractivity contribution >= 4 is 34.4 Å². The maximum atomic E-state index is 11.0. The Morgan fingerprint density at radius 3 is 2.29 bits per heavy atom. The molecular formula is C20H36BrMgN3O3. The number of nitrogens with one attached hydrogen (secondary N) is 1. The summed E-state index contributed by atoms with van der Waals surface area (Å²) in [6.45, 7) is 14.3.